The number of hydrogen-bond acceptors (Lipinski definition) is 3. The Hall–Kier alpha value is -2.82. The molecule has 0 unspecified atom stereocenters. The number of benzene rings is 2. The molecule has 0 N–H and O–H groups in total. The second kappa shape index (κ2) is 9.58. The Kier molecular flexibility index (Phi) is 6.39. The van der Waals surface area contributed by atoms with Crippen LogP contribution in [0.25, 0.3) is 11.0 Å². The normalized spacial score (nSPS) is 18.0. The maximum atomic E-state index is 13.2. The van der Waals surface area contributed by atoms with Crippen LogP contribution in [0, 0.1) is 19.8 Å². The maximum absolute atomic E-state index is 13.2. The van der Waals surface area contributed by atoms with Gasteiger partial charge in [-0.1, -0.05) is 48.7 Å². The van der Waals surface area contributed by atoms with E-state index in [9.17, 15) is 4.79 Å². The molecule has 3 aromatic rings. The number of amides is 1. The molecule has 2 aromatic carbocycles. The molecule has 0 spiro atoms. The van der Waals surface area contributed by atoms with Crippen molar-refractivity contribution in [3.05, 3.63) is 59.2 Å². The Morgan fingerprint density at radius 3 is 2.42 bits per heavy atom. The predicted molar refractivity (Wildman–Crippen MR) is 135 cm³/mol. The molecular formula is C28H36N4O. The number of nitrogens with zero attached hydrogens (tertiary/aromatic N) is 4. The van der Waals surface area contributed by atoms with E-state index in [4.69, 9.17) is 4.98 Å². The smallest absolute Gasteiger partial charge is 0.225 e. The summed E-state index contributed by atoms with van der Waals surface area (Å²) >= 11 is 0. The van der Waals surface area contributed by atoms with E-state index in [2.05, 4.69) is 70.7 Å². The molecule has 5 nitrogen and oxygen atoms in total. The molecule has 0 radical (unpaired) electrons. The average Bonchev–Trinajstić information content (AvgIpc) is 3.00. The zero-order valence-corrected chi connectivity index (χ0v) is 20.1. The van der Waals surface area contributed by atoms with Crippen LogP contribution in [-0.4, -0.2) is 46.5 Å². The van der Waals surface area contributed by atoms with Crippen molar-refractivity contribution in [2.45, 2.75) is 58.9 Å². The summed E-state index contributed by atoms with van der Waals surface area (Å²) in [5, 5.41) is 0. The summed E-state index contributed by atoms with van der Waals surface area (Å²) in [6.45, 7) is 8.83. The summed E-state index contributed by atoms with van der Waals surface area (Å²) in [5.41, 5.74) is 6.16. The summed E-state index contributed by atoms with van der Waals surface area (Å²) in [7, 11) is 0. The van der Waals surface area contributed by atoms with Gasteiger partial charge in [-0.05, 0) is 62.8 Å². The number of imidazole rings is 1. The SMILES string of the molecule is Cc1ccc(C)c(Cn2c(N3CCC(C(=O)N4CCCCCC4)CC3)nc3ccccc32)c1. The lowest BCUT2D eigenvalue weighted by Gasteiger charge is -2.34. The van der Waals surface area contributed by atoms with E-state index in [1.54, 1.807) is 0 Å². The van der Waals surface area contributed by atoms with Crippen molar-refractivity contribution >= 4 is 22.9 Å². The fraction of sp³-hybridized carbons (Fsp3) is 0.500. The van der Waals surface area contributed by atoms with Crippen LogP contribution in [0.2, 0.25) is 0 Å². The third-order valence-electron chi connectivity index (χ3n) is 7.51. The Morgan fingerprint density at radius 2 is 1.67 bits per heavy atom. The van der Waals surface area contributed by atoms with Crippen LogP contribution in [0.15, 0.2) is 42.5 Å². The lowest BCUT2D eigenvalue weighted by atomic mass is 9.95. The number of piperidine rings is 1. The van der Waals surface area contributed by atoms with Gasteiger partial charge >= 0.3 is 0 Å². The lowest BCUT2D eigenvalue weighted by molar-refractivity contribution is -0.136. The number of fused-ring (bicyclic) bond motifs is 1. The third kappa shape index (κ3) is 4.64. The van der Waals surface area contributed by atoms with Crippen LogP contribution < -0.4 is 4.90 Å². The molecule has 0 atom stereocenters. The molecule has 5 rings (SSSR count). The van der Waals surface area contributed by atoms with Gasteiger partial charge in [0.1, 0.15) is 0 Å². The van der Waals surface area contributed by atoms with E-state index in [0.29, 0.717) is 5.91 Å². The number of aromatic nitrogens is 2. The highest BCUT2D eigenvalue weighted by atomic mass is 16.2. The van der Waals surface area contributed by atoms with E-state index < -0.39 is 0 Å². The second-order valence-corrected chi connectivity index (χ2v) is 9.92. The Balaban J connectivity index is 1.36. The summed E-state index contributed by atoms with van der Waals surface area (Å²) in [5.74, 6) is 1.59. The highest BCUT2D eigenvalue weighted by molar-refractivity contribution is 5.80. The number of anilines is 1. The first-order chi connectivity index (χ1) is 16.1. The van der Waals surface area contributed by atoms with Gasteiger partial charge in [0.15, 0.2) is 0 Å². The summed E-state index contributed by atoms with van der Waals surface area (Å²) in [4.78, 5) is 22.7. The molecule has 1 aromatic heterocycles. The minimum Gasteiger partial charge on any atom is -0.342 e. The van der Waals surface area contributed by atoms with Crippen LogP contribution in [0.5, 0.6) is 0 Å². The van der Waals surface area contributed by atoms with Crippen LogP contribution in [0.1, 0.15) is 55.2 Å². The molecule has 3 heterocycles. The molecule has 2 aliphatic heterocycles. The van der Waals surface area contributed by atoms with Crippen molar-refractivity contribution in [1.82, 2.24) is 14.5 Å². The van der Waals surface area contributed by atoms with Crippen molar-refractivity contribution in [1.29, 1.82) is 0 Å². The summed E-state index contributed by atoms with van der Waals surface area (Å²) < 4.78 is 2.37. The van der Waals surface area contributed by atoms with Crippen molar-refractivity contribution in [2.75, 3.05) is 31.1 Å². The molecular weight excluding hydrogens is 408 g/mol. The van der Waals surface area contributed by atoms with Gasteiger partial charge in [-0.2, -0.15) is 0 Å². The number of carbonyl (C=O) groups excluding carboxylic acids is 1. The monoisotopic (exact) mass is 444 g/mol. The zero-order chi connectivity index (χ0) is 22.8. The van der Waals surface area contributed by atoms with Crippen LogP contribution >= 0.6 is 0 Å². The molecule has 0 aliphatic carbocycles. The van der Waals surface area contributed by atoms with Gasteiger partial charge in [-0.3, -0.25) is 4.79 Å². The number of rotatable bonds is 4. The van der Waals surface area contributed by atoms with E-state index in [1.807, 2.05) is 0 Å². The fourth-order valence-electron chi connectivity index (χ4n) is 5.48. The molecule has 2 aliphatic rings. The van der Waals surface area contributed by atoms with Gasteiger partial charge in [-0.15, -0.1) is 0 Å². The molecule has 0 saturated carbocycles. The van der Waals surface area contributed by atoms with Gasteiger partial charge in [0.05, 0.1) is 17.6 Å². The van der Waals surface area contributed by atoms with Crippen molar-refractivity contribution in [3.8, 4) is 0 Å². The average molecular weight is 445 g/mol. The summed E-state index contributed by atoms with van der Waals surface area (Å²) in [6, 6.07) is 15.1. The molecule has 2 saturated heterocycles. The van der Waals surface area contributed by atoms with Gasteiger partial charge in [-0.25, -0.2) is 4.98 Å². The Labute approximate surface area is 197 Å². The van der Waals surface area contributed by atoms with Crippen LogP contribution in [-0.2, 0) is 11.3 Å². The van der Waals surface area contributed by atoms with Crippen LogP contribution in [0.4, 0.5) is 5.95 Å². The van der Waals surface area contributed by atoms with Crippen molar-refractivity contribution in [2.24, 2.45) is 5.92 Å². The van der Waals surface area contributed by atoms with E-state index in [-0.39, 0.29) is 5.92 Å². The minimum absolute atomic E-state index is 0.163. The standard InChI is InChI=1S/C28H36N4O/c1-21-11-12-22(2)24(19-21)20-32-26-10-6-5-9-25(26)29-28(32)31-17-13-23(14-18-31)27(33)30-15-7-3-4-8-16-30/h5-6,9-12,19,23H,3-4,7-8,13-18,20H2,1-2H3. The molecule has 33 heavy (non-hydrogen) atoms. The number of likely N-dealkylation sites (tertiary alicyclic amines) is 1. The minimum atomic E-state index is 0.163. The van der Waals surface area contributed by atoms with Gasteiger partial charge in [0, 0.05) is 32.1 Å². The maximum Gasteiger partial charge on any atom is 0.225 e. The topological polar surface area (TPSA) is 41.4 Å². The number of carbonyl (C=O) groups is 1. The van der Waals surface area contributed by atoms with Gasteiger partial charge in [0.2, 0.25) is 11.9 Å². The quantitative estimate of drug-likeness (QED) is 0.547. The molecule has 0 bridgehead atoms. The second-order valence-electron chi connectivity index (χ2n) is 9.92. The Morgan fingerprint density at radius 1 is 0.939 bits per heavy atom. The first kappa shape index (κ1) is 22.0. The predicted octanol–water partition coefficient (Wildman–Crippen LogP) is 5.32. The molecule has 174 valence electrons. The largest absolute Gasteiger partial charge is 0.342 e. The first-order valence-corrected chi connectivity index (χ1v) is 12.7. The van der Waals surface area contributed by atoms with Gasteiger partial charge < -0.3 is 14.4 Å². The van der Waals surface area contributed by atoms with E-state index in [0.717, 1.165) is 69.9 Å². The van der Waals surface area contributed by atoms with Gasteiger partial charge in [0.25, 0.3) is 0 Å². The highest BCUT2D eigenvalue weighted by Gasteiger charge is 2.30. The Bertz CT molecular complexity index is 1120. The first-order valence-electron chi connectivity index (χ1n) is 12.7. The van der Waals surface area contributed by atoms with Crippen molar-refractivity contribution < 1.29 is 4.79 Å². The lowest BCUT2D eigenvalue weighted by Crippen LogP contribution is -2.43. The summed E-state index contributed by atoms with van der Waals surface area (Å²) in [6.07, 6.45) is 6.68. The molecule has 2 fully saturated rings. The number of hydrogen-bond donors (Lipinski definition) is 0. The van der Waals surface area contributed by atoms with E-state index in [1.165, 1.54) is 35.0 Å². The number of para-hydroxylation sites is 2. The number of aryl methyl sites for hydroxylation is 2. The van der Waals surface area contributed by atoms with E-state index >= 15 is 0 Å². The highest BCUT2D eigenvalue weighted by Crippen LogP contribution is 2.29. The molecule has 1 amide bonds. The fourth-order valence-corrected chi connectivity index (χ4v) is 5.48. The zero-order valence-electron chi connectivity index (χ0n) is 20.1. The third-order valence-corrected chi connectivity index (χ3v) is 7.51. The van der Waals surface area contributed by atoms with Crippen LogP contribution in [0.3, 0.4) is 0 Å². The molecule has 5 heteroatoms. The van der Waals surface area contributed by atoms with Crippen molar-refractivity contribution in [3.63, 3.8) is 0 Å².